The van der Waals surface area contributed by atoms with Crippen LogP contribution in [0.25, 0.3) is 0 Å². The van der Waals surface area contributed by atoms with E-state index in [-0.39, 0.29) is 17.9 Å². The summed E-state index contributed by atoms with van der Waals surface area (Å²) in [7, 11) is 0. The van der Waals surface area contributed by atoms with Gasteiger partial charge in [0.15, 0.2) is 0 Å². The highest BCUT2D eigenvalue weighted by atomic mass is 19.1. The maximum Gasteiger partial charge on any atom is 0.211 e. The smallest absolute Gasteiger partial charge is 0.211 e. The van der Waals surface area contributed by atoms with E-state index in [0.29, 0.717) is 11.5 Å². The lowest BCUT2D eigenvalue weighted by atomic mass is 10.0. The van der Waals surface area contributed by atoms with Crippen LogP contribution in [-0.2, 0) is 0 Å². The number of nitrogens with zero attached hydrogens (tertiary/aromatic N) is 1. The van der Waals surface area contributed by atoms with Gasteiger partial charge in [-0.1, -0.05) is 25.1 Å². The van der Waals surface area contributed by atoms with Crippen molar-refractivity contribution in [1.82, 2.24) is 10.3 Å². The molecule has 0 spiro atoms. The molecule has 1 aromatic carbocycles. The van der Waals surface area contributed by atoms with Crippen LogP contribution in [0, 0.1) is 12.7 Å². The normalized spacial score (nSPS) is 14.3. The highest BCUT2D eigenvalue weighted by Gasteiger charge is 2.19. The second kappa shape index (κ2) is 5.97. The molecule has 0 aliphatic heterocycles. The van der Waals surface area contributed by atoms with Crippen LogP contribution in [0.3, 0.4) is 0 Å². The molecule has 0 radical (unpaired) electrons. The molecule has 2 atom stereocenters. The second-order valence-corrected chi connectivity index (χ2v) is 4.68. The lowest BCUT2D eigenvalue weighted by molar-refractivity contribution is 0.363. The van der Waals surface area contributed by atoms with Crippen molar-refractivity contribution < 1.29 is 8.81 Å². The molecule has 2 rings (SSSR count). The van der Waals surface area contributed by atoms with Gasteiger partial charge < -0.3 is 4.42 Å². The van der Waals surface area contributed by atoms with Gasteiger partial charge >= 0.3 is 0 Å². The van der Waals surface area contributed by atoms with Crippen LogP contribution in [0.1, 0.15) is 49.6 Å². The number of benzene rings is 1. The number of aryl methyl sites for hydroxylation is 1. The monoisotopic (exact) mass is 262 g/mol. The zero-order valence-corrected chi connectivity index (χ0v) is 11.5. The van der Waals surface area contributed by atoms with Gasteiger partial charge in [-0.25, -0.2) is 9.37 Å². The fraction of sp³-hybridized carbons (Fsp3) is 0.400. The SMILES string of the molecule is CCC(NC(C)c1ncc(C)o1)c1ccccc1F. The molecule has 3 nitrogen and oxygen atoms in total. The Labute approximate surface area is 112 Å². The van der Waals surface area contributed by atoms with Crippen LogP contribution in [0.15, 0.2) is 34.9 Å². The first-order chi connectivity index (χ1) is 9.11. The third-order valence-electron chi connectivity index (χ3n) is 3.15. The van der Waals surface area contributed by atoms with E-state index in [9.17, 15) is 4.39 Å². The van der Waals surface area contributed by atoms with Gasteiger partial charge in [0.1, 0.15) is 11.6 Å². The molecule has 0 aliphatic carbocycles. The summed E-state index contributed by atoms with van der Waals surface area (Å²) in [6.07, 6.45) is 2.49. The van der Waals surface area contributed by atoms with Crippen molar-refractivity contribution in [3.05, 3.63) is 53.5 Å². The van der Waals surface area contributed by atoms with Gasteiger partial charge in [0.25, 0.3) is 0 Å². The molecule has 0 bridgehead atoms. The van der Waals surface area contributed by atoms with E-state index < -0.39 is 0 Å². The summed E-state index contributed by atoms with van der Waals surface area (Å²) in [5.41, 5.74) is 0.681. The molecule has 19 heavy (non-hydrogen) atoms. The topological polar surface area (TPSA) is 38.1 Å². The van der Waals surface area contributed by atoms with Gasteiger partial charge in [-0.05, 0) is 26.3 Å². The predicted octanol–water partition coefficient (Wildman–Crippen LogP) is 3.92. The molecule has 4 heteroatoms. The molecule has 2 unspecified atom stereocenters. The summed E-state index contributed by atoms with van der Waals surface area (Å²) < 4.78 is 19.3. The summed E-state index contributed by atoms with van der Waals surface area (Å²) in [5.74, 6) is 1.23. The van der Waals surface area contributed by atoms with E-state index in [2.05, 4.69) is 10.3 Å². The predicted molar refractivity (Wildman–Crippen MR) is 72.2 cm³/mol. The van der Waals surface area contributed by atoms with E-state index in [1.807, 2.05) is 32.9 Å². The lowest BCUT2D eigenvalue weighted by Crippen LogP contribution is -2.25. The Morgan fingerprint density at radius 3 is 2.68 bits per heavy atom. The number of hydrogen-bond donors (Lipinski definition) is 1. The van der Waals surface area contributed by atoms with E-state index >= 15 is 0 Å². The minimum Gasteiger partial charge on any atom is -0.444 e. The average molecular weight is 262 g/mol. The van der Waals surface area contributed by atoms with Gasteiger partial charge in [-0.2, -0.15) is 0 Å². The van der Waals surface area contributed by atoms with E-state index in [1.54, 1.807) is 12.3 Å². The van der Waals surface area contributed by atoms with Gasteiger partial charge in [0.2, 0.25) is 5.89 Å². The van der Waals surface area contributed by atoms with Crippen LogP contribution in [-0.4, -0.2) is 4.98 Å². The number of oxazole rings is 1. The van der Waals surface area contributed by atoms with Gasteiger partial charge in [-0.3, -0.25) is 5.32 Å². The average Bonchev–Trinajstić information content (AvgIpc) is 2.83. The Kier molecular flexibility index (Phi) is 4.32. The Balaban J connectivity index is 2.13. The second-order valence-electron chi connectivity index (χ2n) is 4.68. The Morgan fingerprint density at radius 2 is 2.11 bits per heavy atom. The minimum absolute atomic E-state index is 0.0524. The van der Waals surface area contributed by atoms with Crippen molar-refractivity contribution in [3.63, 3.8) is 0 Å². The first kappa shape index (κ1) is 13.7. The van der Waals surface area contributed by atoms with Crippen molar-refractivity contribution >= 4 is 0 Å². The molecule has 0 amide bonds. The Morgan fingerprint density at radius 1 is 1.37 bits per heavy atom. The van der Waals surface area contributed by atoms with Crippen LogP contribution in [0.4, 0.5) is 4.39 Å². The fourth-order valence-electron chi connectivity index (χ4n) is 2.13. The summed E-state index contributed by atoms with van der Waals surface area (Å²) in [4.78, 5) is 4.20. The molecule has 1 N–H and O–H groups in total. The fourth-order valence-corrected chi connectivity index (χ4v) is 2.13. The van der Waals surface area contributed by atoms with Crippen LogP contribution < -0.4 is 5.32 Å². The van der Waals surface area contributed by atoms with Gasteiger partial charge in [0.05, 0.1) is 12.2 Å². The van der Waals surface area contributed by atoms with Crippen LogP contribution in [0.5, 0.6) is 0 Å². The van der Waals surface area contributed by atoms with Gasteiger partial charge in [0, 0.05) is 11.6 Å². The van der Waals surface area contributed by atoms with Crippen molar-refractivity contribution in [3.8, 4) is 0 Å². The highest BCUT2D eigenvalue weighted by Crippen LogP contribution is 2.23. The first-order valence-corrected chi connectivity index (χ1v) is 6.54. The molecular weight excluding hydrogens is 243 g/mol. The summed E-state index contributed by atoms with van der Waals surface area (Å²) >= 11 is 0. The first-order valence-electron chi connectivity index (χ1n) is 6.54. The maximum absolute atomic E-state index is 13.8. The number of nitrogens with one attached hydrogen (secondary N) is 1. The molecule has 0 aliphatic rings. The third kappa shape index (κ3) is 3.20. The molecule has 1 aromatic heterocycles. The third-order valence-corrected chi connectivity index (χ3v) is 3.15. The van der Waals surface area contributed by atoms with E-state index in [1.165, 1.54) is 6.07 Å². The highest BCUT2D eigenvalue weighted by molar-refractivity contribution is 5.21. The maximum atomic E-state index is 13.8. The minimum atomic E-state index is -0.183. The van der Waals surface area contributed by atoms with Crippen LogP contribution in [0.2, 0.25) is 0 Å². The summed E-state index contributed by atoms with van der Waals surface area (Å²) in [6, 6.07) is 6.74. The molecule has 2 aromatic rings. The number of aromatic nitrogens is 1. The van der Waals surface area contributed by atoms with Crippen molar-refractivity contribution in [1.29, 1.82) is 0 Å². The van der Waals surface area contributed by atoms with Crippen molar-refractivity contribution in [2.45, 2.75) is 39.3 Å². The number of rotatable bonds is 5. The molecular formula is C15H19FN2O. The molecule has 0 fully saturated rings. The Hall–Kier alpha value is -1.68. The molecule has 102 valence electrons. The van der Waals surface area contributed by atoms with Gasteiger partial charge in [-0.15, -0.1) is 0 Å². The summed E-state index contributed by atoms with van der Waals surface area (Å²) in [6.45, 7) is 5.85. The largest absolute Gasteiger partial charge is 0.444 e. The molecule has 0 saturated carbocycles. The zero-order valence-electron chi connectivity index (χ0n) is 11.5. The van der Waals surface area contributed by atoms with E-state index in [4.69, 9.17) is 4.42 Å². The zero-order chi connectivity index (χ0) is 13.8. The number of halogens is 1. The Bertz CT molecular complexity index is 538. The lowest BCUT2D eigenvalue weighted by Gasteiger charge is -2.21. The molecule has 1 heterocycles. The quantitative estimate of drug-likeness (QED) is 0.887. The standard InChI is InChI=1S/C15H19FN2O/c1-4-14(12-7-5-6-8-13(12)16)18-11(3)15-17-9-10(2)19-15/h5-9,11,14,18H,4H2,1-3H3. The van der Waals surface area contributed by atoms with Crippen molar-refractivity contribution in [2.24, 2.45) is 0 Å². The number of hydrogen-bond acceptors (Lipinski definition) is 3. The van der Waals surface area contributed by atoms with Crippen LogP contribution >= 0.6 is 0 Å². The summed E-state index contributed by atoms with van der Waals surface area (Å²) in [5, 5.41) is 3.36. The van der Waals surface area contributed by atoms with E-state index in [0.717, 1.165) is 12.2 Å². The molecule has 0 saturated heterocycles. The van der Waals surface area contributed by atoms with Crippen molar-refractivity contribution in [2.75, 3.05) is 0 Å².